The Bertz CT molecular complexity index is 288. The molecule has 18 heavy (non-hydrogen) atoms. The van der Waals surface area contributed by atoms with Crippen molar-refractivity contribution in [3.63, 3.8) is 0 Å². The standard InChI is InChI=1S/C12H24N4O2/c1-14-12(5-3-2-4-6-12)9-10(17)15-7-8-16-11(13)18/h14H,2-9H2,1H3,(H,15,17)(H3,13,16,18). The molecule has 1 aliphatic carbocycles. The summed E-state index contributed by atoms with van der Waals surface area (Å²) in [5, 5.41) is 8.54. The monoisotopic (exact) mass is 256 g/mol. The van der Waals surface area contributed by atoms with Gasteiger partial charge in [0.05, 0.1) is 0 Å². The van der Waals surface area contributed by atoms with Crippen molar-refractivity contribution in [3.05, 3.63) is 0 Å². The minimum absolute atomic E-state index is 0.0255. The van der Waals surface area contributed by atoms with Gasteiger partial charge in [0, 0.05) is 25.0 Å². The molecule has 1 saturated carbocycles. The zero-order chi connectivity index (χ0) is 13.4. The summed E-state index contributed by atoms with van der Waals surface area (Å²) in [4.78, 5) is 22.3. The van der Waals surface area contributed by atoms with Crippen LogP contribution in [0.3, 0.4) is 0 Å². The highest BCUT2D eigenvalue weighted by Gasteiger charge is 2.32. The molecule has 3 amide bonds. The summed E-state index contributed by atoms with van der Waals surface area (Å²) in [6, 6.07) is -0.566. The van der Waals surface area contributed by atoms with Crippen LogP contribution in [-0.4, -0.2) is 37.6 Å². The topological polar surface area (TPSA) is 96.2 Å². The van der Waals surface area contributed by atoms with E-state index in [4.69, 9.17) is 5.73 Å². The molecule has 1 rings (SSSR count). The second-order valence-electron chi connectivity index (χ2n) is 4.91. The lowest BCUT2D eigenvalue weighted by Crippen LogP contribution is -2.49. The lowest BCUT2D eigenvalue weighted by Gasteiger charge is -2.36. The van der Waals surface area contributed by atoms with E-state index in [1.165, 1.54) is 19.3 Å². The molecule has 6 nitrogen and oxygen atoms in total. The molecule has 1 fully saturated rings. The van der Waals surface area contributed by atoms with Crippen LogP contribution in [0.5, 0.6) is 0 Å². The van der Waals surface area contributed by atoms with Gasteiger partial charge in [-0.3, -0.25) is 4.79 Å². The predicted molar refractivity (Wildman–Crippen MR) is 70.1 cm³/mol. The molecule has 1 aliphatic rings. The normalized spacial score (nSPS) is 18.1. The summed E-state index contributed by atoms with van der Waals surface area (Å²) in [6.45, 7) is 0.787. The van der Waals surface area contributed by atoms with Crippen molar-refractivity contribution >= 4 is 11.9 Å². The van der Waals surface area contributed by atoms with E-state index in [1.54, 1.807) is 0 Å². The molecule has 0 aromatic carbocycles. The predicted octanol–water partition coefficient (Wildman–Crippen LogP) is 0.0833. The van der Waals surface area contributed by atoms with Crippen molar-refractivity contribution in [2.45, 2.75) is 44.1 Å². The van der Waals surface area contributed by atoms with Crippen LogP contribution < -0.4 is 21.7 Å². The Balaban J connectivity index is 2.26. The molecule has 0 heterocycles. The third kappa shape index (κ3) is 4.91. The summed E-state index contributed by atoms with van der Waals surface area (Å²) in [5.41, 5.74) is 4.89. The highest BCUT2D eigenvalue weighted by molar-refractivity contribution is 5.77. The Kier molecular flexibility index (Phi) is 5.91. The van der Waals surface area contributed by atoms with Crippen LogP contribution in [0.25, 0.3) is 0 Å². The Labute approximate surface area is 108 Å². The zero-order valence-electron chi connectivity index (χ0n) is 11.1. The van der Waals surface area contributed by atoms with E-state index in [2.05, 4.69) is 16.0 Å². The van der Waals surface area contributed by atoms with E-state index in [1.807, 2.05) is 7.05 Å². The van der Waals surface area contributed by atoms with Crippen LogP contribution >= 0.6 is 0 Å². The third-order valence-corrected chi connectivity index (χ3v) is 3.59. The minimum Gasteiger partial charge on any atom is -0.354 e. The SMILES string of the molecule is CNC1(CC(=O)NCCNC(N)=O)CCCCC1. The van der Waals surface area contributed by atoms with Gasteiger partial charge in [0.2, 0.25) is 5.91 Å². The maximum absolute atomic E-state index is 11.8. The van der Waals surface area contributed by atoms with Crippen LogP contribution in [-0.2, 0) is 4.79 Å². The number of urea groups is 1. The molecule has 0 radical (unpaired) electrons. The smallest absolute Gasteiger partial charge is 0.312 e. The number of amides is 3. The summed E-state index contributed by atoms with van der Waals surface area (Å²) < 4.78 is 0. The van der Waals surface area contributed by atoms with Crippen LogP contribution in [0, 0.1) is 0 Å². The van der Waals surface area contributed by atoms with E-state index in [0.29, 0.717) is 19.5 Å². The first-order valence-electron chi connectivity index (χ1n) is 6.57. The second kappa shape index (κ2) is 7.20. The number of nitrogens with one attached hydrogen (secondary N) is 3. The number of carbonyl (C=O) groups excluding carboxylic acids is 2. The van der Waals surface area contributed by atoms with Crippen molar-refractivity contribution in [1.29, 1.82) is 0 Å². The fourth-order valence-electron chi connectivity index (χ4n) is 2.50. The Morgan fingerprint density at radius 3 is 2.28 bits per heavy atom. The van der Waals surface area contributed by atoms with Gasteiger partial charge < -0.3 is 21.7 Å². The molecule has 0 aromatic heterocycles. The minimum atomic E-state index is -0.566. The van der Waals surface area contributed by atoms with E-state index in [0.717, 1.165) is 12.8 Å². The van der Waals surface area contributed by atoms with Gasteiger partial charge in [0.25, 0.3) is 0 Å². The maximum atomic E-state index is 11.8. The van der Waals surface area contributed by atoms with Crippen molar-refractivity contribution in [3.8, 4) is 0 Å². The second-order valence-corrected chi connectivity index (χ2v) is 4.91. The number of primary amides is 1. The fourth-order valence-corrected chi connectivity index (χ4v) is 2.50. The molecule has 0 atom stereocenters. The van der Waals surface area contributed by atoms with Crippen LogP contribution in [0.4, 0.5) is 4.79 Å². The Morgan fingerprint density at radius 1 is 1.11 bits per heavy atom. The molecule has 0 bridgehead atoms. The Hall–Kier alpha value is -1.30. The third-order valence-electron chi connectivity index (χ3n) is 3.59. The quantitative estimate of drug-likeness (QED) is 0.507. The zero-order valence-corrected chi connectivity index (χ0v) is 11.1. The number of carbonyl (C=O) groups is 2. The first-order valence-corrected chi connectivity index (χ1v) is 6.57. The van der Waals surface area contributed by atoms with Gasteiger partial charge in [0.1, 0.15) is 0 Å². The van der Waals surface area contributed by atoms with Gasteiger partial charge in [-0.25, -0.2) is 4.79 Å². The maximum Gasteiger partial charge on any atom is 0.312 e. The van der Waals surface area contributed by atoms with Crippen molar-refractivity contribution in [2.75, 3.05) is 20.1 Å². The van der Waals surface area contributed by atoms with Gasteiger partial charge in [-0.15, -0.1) is 0 Å². The average molecular weight is 256 g/mol. The molecule has 0 aliphatic heterocycles. The van der Waals surface area contributed by atoms with Crippen molar-refractivity contribution < 1.29 is 9.59 Å². The van der Waals surface area contributed by atoms with Gasteiger partial charge in [-0.05, 0) is 19.9 Å². The molecule has 0 saturated heterocycles. The first kappa shape index (κ1) is 14.8. The molecule has 6 heteroatoms. The lowest BCUT2D eigenvalue weighted by molar-refractivity contribution is -0.122. The van der Waals surface area contributed by atoms with Gasteiger partial charge in [-0.2, -0.15) is 0 Å². The van der Waals surface area contributed by atoms with Gasteiger partial charge in [-0.1, -0.05) is 19.3 Å². The highest BCUT2D eigenvalue weighted by atomic mass is 16.2. The first-order chi connectivity index (χ1) is 8.58. The van der Waals surface area contributed by atoms with Gasteiger partial charge >= 0.3 is 6.03 Å². The molecular formula is C12H24N4O2. The number of nitrogens with two attached hydrogens (primary N) is 1. The number of rotatable bonds is 6. The fraction of sp³-hybridized carbons (Fsp3) is 0.833. The van der Waals surface area contributed by atoms with Crippen molar-refractivity contribution in [2.24, 2.45) is 5.73 Å². The average Bonchev–Trinajstić information content (AvgIpc) is 2.35. The molecular weight excluding hydrogens is 232 g/mol. The molecule has 5 N–H and O–H groups in total. The molecule has 0 unspecified atom stereocenters. The lowest BCUT2D eigenvalue weighted by atomic mass is 9.79. The highest BCUT2D eigenvalue weighted by Crippen LogP contribution is 2.30. The summed E-state index contributed by atoms with van der Waals surface area (Å²) in [6.07, 6.45) is 6.22. The summed E-state index contributed by atoms with van der Waals surface area (Å²) >= 11 is 0. The van der Waals surface area contributed by atoms with E-state index >= 15 is 0 Å². The van der Waals surface area contributed by atoms with E-state index < -0.39 is 6.03 Å². The molecule has 0 aromatic rings. The number of hydrogen-bond acceptors (Lipinski definition) is 3. The van der Waals surface area contributed by atoms with Crippen LogP contribution in [0.2, 0.25) is 0 Å². The Morgan fingerprint density at radius 2 is 1.72 bits per heavy atom. The largest absolute Gasteiger partial charge is 0.354 e. The number of hydrogen-bond donors (Lipinski definition) is 4. The molecule has 0 spiro atoms. The van der Waals surface area contributed by atoms with E-state index in [-0.39, 0.29) is 11.4 Å². The van der Waals surface area contributed by atoms with Gasteiger partial charge in [0.15, 0.2) is 0 Å². The van der Waals surface area contributed by atoms with Crippen LogP contribution in [0.1, 0.15) is 38.5 Å². The van der Waals surface area contributed by atoms with E-state index in [9.17, 15) is 9.59 Å². The van der Waals surface area contributed by atoms with Crippen molar-refractivity contribution in [1.82, 2.24) is 16.0 Å². The molecule has 104 valence electrons. The summed E-state index contributed by atoms with van der Waals surface area (Å²) in [7, 11) is 1.92. The van der Waals surface area contributed by atoms with Crippen LogP contribution in [0.15, 0.2) is 0 Å². The summed E-state index contributed by atoms with van der Waals surface area (Å²) in [5.74, 6) is 0.0255.